The Morgan fingerprint density at radius 2 is 1.96 bits per heavy atom. The summed E-state index contributed by atoms with van der Waals surface area (Å²) in [5, 5.41) is 0.488. The van der Waals surface area contributed by atoms with E-state index in [9.17, 15) is 13.6 Å². The molecule has 0 N–H and O–H groups in total. The summed E-state index contributed by atoms with van der Waals surface area (Å²) in [4.78, 5) is 15.5. The Kier molecular flexibility index (Phi) is 6.23. The van der Waals surface area contributed by atoms with Crippen LogP contribution in [0.5, 0.6) is 0 Å². The minimum Gasteiger partial charge on any atom is -0.760 e. The third kappa shape index (κ3) is 5.11. The van der Waals surface area contributed by atoms with Crippen LogP contribution in [0, 0.1) is 0 Å². The second-order valence-electron chi connectivity index (χ2n) is 4.67. The van der Waals surface area contributed by atoms with Crippen LogP contribution in [-0.2, 0) is 29.1 Å². The van der Waals surface area contributed by atoms with Gasteiger partial charge in [-0.1, -0.05) is 23.7 Å². The molecule has 0 saturated heterocycles. The Bertz CT molecular complexity index is 692. The van der Waals surface area contributed by atoms with Crippen LogP contribution in [0.25, 0.3) is 0 Å². The van der Waals surface area contributed by atoms with Crippen molar-refractivity contribution in [3.05, 3.63) is 64.4 Å². The Labute approximate surface area is 141 Å². The van der Waals surface area contributed by atoms with Gasteiger partial charge in [0.25, 0.3) is 0 Å². The highest BCUT2D eigenvalue weighted by Gasteiger charge is 2.10. The fourth-order valence-corrected chi connectivity index (χ4v) is 2.51. The fraction of sp³-hybridized carbons (Fsp3) is 0.200. The van der Waals surface area contributed by atoms with Gasteiger partial charge in [0, 0.05) is 24.0 Å². The van der Waals surface area contributed by atoms with E-state index in [4.69, 9.17) is 11.6 Å². The number of carbonyl (C=O) groups is 1. The first-order valence-corrected chi connectivity index (χ1v) is 8.02. The molecule has 0 aliphatic heterocycles. The van der Waals surface area contributed by atoms with Crippen LogP contribution >= 0.6 is 11.6 Å². The van der Waals surface area contributed by atoms with Crippen molar-refractivity contribution in [2.24, 2.45) is 0 Å². The number of ether oxygens (including phenoxy) is 1. The van der Waals surface area contributed by atoms with E-state index in [0.717, 1.165) is 5.56 Å². The lowest BCUT2D eigenvalue weighted by atomic mass is 10.1. The lowest BCUT2D eigenvalue weighted by Gasteiger charge is -2.24. The van der Waals surface area contributed by atoms with Crippen molar-refractivity contribution in [1.82, 2.24) is 9.29 Å². The number of pyridine rings is 1. The molecule has 0 aliphatic carbocycles. The first kappa shape index (κ1) is 17.6. The highest BCUT2D eigenvalue weighted by atomic mass is 35.5. The highest BCUT2D eigenvalue weighted by molar-refractivity contribution is 7.76. The molecule has 2 rings (SSSR count). The minimum absolute atomic E-state index is 0.131. The number of hydrogen-bond donors (Lipinski definition) is 0. The zero-order chi connectivity index (χ0) is 16.8. The van der Waals surface area contributed by atoms with Crippen LogP contribution in [0.15, 0.2) is 42.6 Å². The molecule has 2 aromatic rings. The molecule has 6 nitrogen and oxygen atoms in total. The van der Waals surface area contributed by atoms with Gasteiger partial charge >= 0.3 is 5.97 Å². The van der Waals surface area contributed by atoms with Crippen LogP contribution < -0.4 is 0 Å². The topological polar surface area (TPSA) is 82.6 Å². The number of carbonyl (C=O) groups excluding carboxylic acids is 1. The second kappa shape index (κ2) is 8.16. The molecule has 0 radical (unpaired) electrons. The van der Waals surface area contributed by atoms with Gasteiger partial charge in [-0.15, -0.1) is 0 Å². The minimum atomic E-state index is -2.41. The second-order valence-corrected chi connectivity index (χ2v) is 6.06. The summed E-state index contributed by atoms with van der Waals surface area (Å²) >= 11 is 3.35. The summed E-state index contributed by atoms with van der Waals surface area (Å²) in [6, 6.07) is 9.87. The van der Waals surface area contributed by atoms with Gasteiger partial charge in [-0.2, -0.15) is 0 Å². The third-order valence-electron chi connectivity index (χ3n) is 3.07. The van der Waals surface area contributed by atoms with Crippen molar-refractivity contribution in [3.8, 4) is 0 Å². The average Bonchev–Trinajstić information content (AvgIpc) is 2.56. The maximum atomic E-state index is 11.4. The summed E-state index contributed by atoms with van der Waals surface area (Å²) in [7, 11) is 1.30. The van der Waals surface area contributed by atoms with Gasteiger partial charge in [0.1, 0.15) is 0 Å². The monoisotopic (exact) mass is 353 g/mol. The Hall–Kier alpha value is -1.80. The van der Waals surface area contributed by atoms with Crippen LogP contribution in [0.1, 0.15) is 21.6 Å². The molecule has 0 fully saturated rings. The van der Waals surface area contributed by atoms with E-state index in [0.29, 0.717) is 16.3 Å². The van der Waals surface area contributed by atoms with Crippen molar-refractivity contribution in [3.63, 3.8) is 0 Å². The molecule has 1 aromatic heterocycles. The smallest absolute Gasteiger partial charge is 0.337 e. The molecule has 23 heavy (non-hydrogen) atoms. The van der Waals surface area contributed by atoms with Crippen LogP contribution in [0.3, 0.4) is 0 Å². The normalized spacial score (nSPS) is 12.2. The van der Waals surface area contributed by atoms with Gasteiger partial charge in [-0.3, -0.25) is 9.19 Å². The van der Waals surface area contributed by atoms with Crippen molar-refractivity contribution >= 4 is 28.8 Å². The number of rotatable bonds is 6. The molecular formula is C15H14ClN2O4S-. The van der Waals surface area contributed by atoms with Gasteiger partial charge in [0.05, 0.1) is 29.9 Å². The number of aromatic nitrogens is 1. The maximum Gasteiger partial charge on any atom is 0.337 e. The molecule has 122 valence electrons. The zero-order valence-corrected chi connectivity index (χ0v) is 13.8. The van der Waals surface area contributed by atoms with Crippen LogP contribution in [0.4, 0.5) is 0 Å². The molecule has 1 atom stereocenters. The van der Waals surface area contributed by atoms with Gasteiger partial charge in [-0.05, 0) is 29.8 Å². The molecular weight excluding hydrogens is 340 g/mol. The van der Waals surface area contributed by atoms with Gasteiger partial charge in [0.2, 0.25) is 0 Å². The van der Waals surface area contributed by atoms with E-state index in [2.05, 4.69) is 9.72 Å². The number of methoxy groups -OCH3 is 1. The summed E-state index contributed by atoms with van der Waals surface area (Å²) in [5.74, 6) is -0.439. The summed E-state index contributed by atoms with van der Waals surface area (Å²) in [6.45, 7) is 0.300. The highest BCUT2D eigenvalue weighted by Crippen LogP contribution is 2.13. The fourth-order valence-electron chi connectivity index (χ4n) is 1.91. The molecule has 0 saturated carbocycles. The molecule has 8 heteroatoms. The number of esters is 1. The standard InChI is InChI=1S/C15H15ClN2O4S/c1-22-15(19)12-4-2-11(3-5-12)9-18(23(20)21)10-14-7-6-13(16)8-17-14/h2-8H,9-10H2,1H3,(H,20,21)/p-1. The quantitative estimate of drug-likeness (QED) is 0.588. The predicted octanol–water partition coefficient (Wildman–Crippen LogP) is 2.32. The Balaban J connectivity index is 2.08. The molecule has 1 heterocycles. The molecule has 1 aromatic carbocycles. The number of nitrogens with zero attached hydrogens (tertiary/aromatic N) is 2. The molecule has 0 amide bonds. The number of halogens is 1. The number of hydrogen-bond acceptors (Lipinski definition) is 5. The number of benzene rings is 1. The Morgan fingerprint density at radius 3 is 2.48 bits per heavy atom. The van der Waals surface area contributed by atoms with Crippen molar-refractivity contribution < 1.29 is 18.3 Å². The van der Waals surface area contributed by atoms with E-state index >= 15 is 0 Å². The van der Waals surface area contributed by atoms with Gasteiger partial charge in [0.15, 0.2) is 0 Å². The molecule has 0 spiro atoms. The third-order valence-corrected chi connectivity index (χ3v) is 3.98. The summed E-state index contributed by atoms with van der Waals surface area (Å²) in [6.07, 6.45) is 1.47. The first-order chi connectivity index (χ1) is 11.0. The molecule has 0 aliphatic rings. The van der Waals surface area contributed by atoms with Crippen LogP contribution in [0.2, 0.25) is 5.02 Å². The van der Waals surface area contributed by atoms with Crippen molar-refractivity contribution in [1.29, 1.82) is 0 Å². The first-order valence-electron chi connectivity index (χ1n) is 6.61. The summed E-state index contributed by atoms with van der Waals surface area (Å²) in [5.41, 5.74) is 1.74. The van der Waals surface area contributed by atoms with Crippen LogP contribution in [-0.4, -0.2) is 31.1 Å². The van der Waals surface area contributed by atoms with E-state index < -0.39 is 17.2 Å². The molecule has 0 bridgehead atoms. The van der Waals surface area contributed by atoms with E-state index in [1.165, 1.54) is 17.6 Å². The maximum absolute atomic E-state index is 11.4. The summed E-state index contributed by atoms with van der Waals surface area (Å²) < 4.78 is 28.6. The van der Waals surface area contributed by atoms with Crippen molar-refractivity contribution in [2.45, 2.75) is 13.1 Å². The van der Waals surface area contributed by atoms with Crippen molar-refractivity contribution in [2.75, 3.05) is 7.11 Å². The Morgan fingerprint density at radius 1 is 1.26 bits per heavy atom. The van der Waals surface area contributed by atoms with Gasteiger partial charge < -0.3 is 9.29 Å². The zero-order valence-electron chi connectivity index (χ0n) is 12.3. The average molecular weight is 354 g/mol. The SMILES string of the molecule is COC(=O)c1ccc(CN(Cc2ccc(Cl)cn2)S(=O)[O-])cc1. The van der Waals surface area contributed by atoms with E-state index in [1.807, 2.05) is 0 Å². The molecule has 1 unspecified atom stereocenters. The van der Waals surface area contributed by atoms with E-state index in [-0.39, 0.29) is 13.1 Å². The van der Waals surface area contributed by atoms with Gasteiger partial charge in [-0.25, -0.2) is 9.10 Å². The predicted molar refractivity (Wildman–Crippen MR) is 85.2 cm³/mol. The largest absolute Gasteiger partial charge is 0.760 e. The lowest BCUT2D eigenvalue weighted by molar-refractivity contribution is 0.0600. The lowest BCUT2D eigenvalue weighted by Crippen LogP contribution is -2.25. The van der Waals surface area contributed by atoms with E-state index in [1.54, 1.807) is 36.4 Å².